The molecule has 1 N–H and O–H groups in total. The molecule has 3 rings (SSSR count). The molecule has 0 radical (unpaired) electrons. The highest BCUT2D eigenvalue weighted by atomic mass is 35.5. The van der Waals surface area contributed by atoms with Crippen molar-refractivity contribution in [2.45, 2.75) is 18.9 Å². The number of pyridine rings is 1. The van der Waals surface area contributed by atoms with Gasteiger partial charge in [0.15, 0.2) is 5.82 Å². The molecule has 1 aliphatic heterocycles. The van der Waals surface area contributed by atoms with E-state index in [1.165, 1.54) is 0 Å². The summed E-state index contributed by atoms with van der Waals surface area (Å²) in [5.74, 6) is 1.31. The van der Waals surface area contributed by atoms with E-state index in [0.29, 0.717) is 16.8 Å². The Kier molecular flexibility index (Phi) is 4.08. The van der Waals surface area contributed by atoms with Gasteiger partial charge in [-0.1, -0.05) is 11.6 Å². The first-order valence-electron chi connectivity index (χ1n) is 6.62. The van der Waals surface area contributed by atoms with Gasteiger partial charge in [0.05, 0.1) is 6.10 Å². The van der Waals surface area contributed by atoms with Gasteiger partial charge >= 0.3 is 0 Å². The van der Waals surface area contributed by atoms with Crippen LogP contribution in [0.25, 0.3) is 11.4 Å². The van der Waals surface area contributed by atoms with Crippen molar-refractivity contribution < 1.29 is 4.74 Å². The molecule has 1 saturated heterocycles. The molecule has 1 atom stereocenters. The zero-order valence-corrected chi connectivity index (χ0v) is 11.7. The molecule has 1 aliphatic rings. The third-order valence-corrected chi connectivity index (χ3v) is 3.36. The van der Waals surface area contributed by atoms with E-state index in [-0.39, 0.29) is 6.10 Å². The van der Waals surface area contributed by atoms with Gasteiger partial charge in [-0.25, -0.2) is 9.97 Å². The van der Waals surface area contributed by atoms with Crippen molar-refractivity contribution in [1.29, 1.82) is 0 Å². The van der Waals surface area contributed by atoms with E-state index in [0.717, 1.165) is 31.6 Å². The van der Waals surface area contributed by atoms with E-state index in [2.05, 4.69) is 20.3 Å². The lowest BCUT2D eigenvalue weighted by Crippen LogP contribution is -2.19. The van der Waals surface area contributed by atoms with Crippen LogP contribution >= 0.6 is 11.6 Å². The van der Waals surface area contributed by atoms with Crippen LogP contribution in [0.2, 0.25) is 5.15 Å². The molecule has 5 nitrogen and oxygen atoms in total. The fraction of sp³-hybridized carbons (Fsp3) is 0.357. The van der Waals surface area contributed by atoms with Crippen molar-refractivity contribution in [1.82, 2.24) is 15.0 Å². The zero-order chi connectivity index (χ0) is 13.8. The number of halogens is 1. The van der Waals surface area contributed by atoms with Crippen LogP contribution in [0.5, 0.6) is 0 Å². The predicted molar refractivity (Wildman–Crippen MR) is 77.7 cm³/mol. The smallest absolute Gasteiger partial charge is 0.163 e. The van der Waals surface area contributed by atoms with Crippen molar-refractivity contribution >= 4 is 17.4 Å². The fourth-order valence-corrected chi connectivity index (χ4v) is 2.35. The van der Waals surface area contributed by atoms with Gasteiger partial charge < -0.3 is 10.1 Å². The number of ether oxygens (including phenoxy) is 1. The number of nitrogens with zero attached hydrogens (tertiary/aromatic N) is 3. The van der Waals surface area contributed by atoms with E-state index >= 15 is 0 Å². The third-order valence-electron chi connectivity index (χ3n) is 3.17. The lowest BCUT2D eigenvalue weighted by atomic mass is 10.2. The molecule has 104 valence electrons. The Balaban J connectivity index is 1.76. The molecule has 2 aromatic rings. The van der Waals surface area contributed by atoms with Crippen molar-refractivity contribution in [3.8, 4) is 11.4 Å². The van der Waals surface area contributed by atoms with E-state index in [9.17, 15) is 0 Å². The van der Waals surface area contributed by atoms with Gasteiger partial charge in [-0.05, 0) is 25.0 Å². The minimum absolute atomic E-state index is 0.258. The number of hydrogen-bond donors (Lipinski definition) is 1. The summed E-state index contributed by atoms with van der Waals surface area (Å²) in [5, 5.41) is 3.68. The van der Waals surface area contributed by atoms with Crippen molar-refractivity contribution in [3.63, 3.8) is 0 Å². The number of anilines is 1. The second-order valence-corrected chi connectivity index (χ2v) is 5.04. The molecule has 6 heteroatoms. The average molecular weight is 291 g/mol. The summed E-state index contributed by atoms with van der Waals surface area (Å²) >= 11 is 6.06. The number of hydrogen-bond acceptors (Lipinski definition) is 5. The molecule has 2 aromatic heterocycles. The Morgan fingerprint density at radius 1 is 1.30 bits per heavy atom. The lowest BCUT2D eigenvalue weighted by molar-refractivity contribution is 0.120. The first-order valence-corrected chi connectivity index (χ1v) is 6.99. The Morgan fingerprint density at radius 3 is 2.90 bits per heavy atom. The lowest BCUT2D eigenvalue weighted by Gasteiger charge is -2.12. The van der Waals surface area contributed by atoms with Gasteiger partial charge in [0.2, 0.25) is 0 Å². The minimum Gasteiger partial charge on any atom is -0.376 e. The van der Waals surface area contributed by atoms with Crippen LogP contribution in [0.4, 0.5) is 5.82 Å². The maximum Gasteiger partial charge on any atom is 0.163 e. The number of nitrogens with one attached hydrogen (secondary N) is 1. The number of aromatic nitrogens is 3. The Labute approximate surface area is 122 Å². The minimum atomic E-state index is 0.258. The first kappa shape index (κ1) is 13.3. The summed E-state index contributed by atoms with van der Waals surface area (Å²) in [6, 6.07) is 5.44. The van der Waals surface area contributed by atoms with Crippen LogP contribution in [-0.2, 0) is 4.74 Å². The van der Waals surface area contributed by atoms with Crippen LogP contribution in [0, 0.1) is 0 Å². The Hall–Kier alpha value is -1.72. The van der Waals surface area contributed by atoms with Crippen LogP contribution < -0.4 is 5.32 Å². The molecule has 3 heterocycles. The molecule has 0 unspecified atom stereocenters. The summed E-state index contributed by atoms with van der Waals surface area (Å²) in [6.07, 6.45) is 5.88. The van der Waals surface area contributed by atoms with Gasteiger partial charge in [-0.15, -0.1) is 0 Å². The fourth-order valence-electron chi connectivity index (χ4n) is 2.16. The topological polar surface area (TPSA) is 59.9 Å². The molecule has 1 fully saturated rings. The van der Waals surface area contributed by atoms with Gasteiger partial charge in [-0.3, -0.25) is 4.98 Å². The maximum absolute atomic E-state index is 6.06. The average Bonchev–Trinajstić information content (AvgIpc) is 2.99. The molecule has 0 aromatic carbocycles. The molecule has 0 saturated carbocycles. The Morgan fingerprint density at radius 2 is 2.15 bits per heavy atom. The van der Waals surface area contributed by atoms with Crippen molar-refractivity contribution in [2.75, 3.05) is 18.5 Å². The SMILES string of the molecule is Clc1cc(NC[C@H]2CCCO2)nc(-c2ccncc2)n1. The standard InChI is InChI=1S/C14H15ClN4O/c15-12-8-13(17-9-11-2-1-7-20-11)19-14(18-12)10-3-5-16-6-4-10/h3-6,8,11H,1-2,7,9H2,(H,17,18,19)/t11-/m1/s1. The second-order valence-electron chi connectivity index (χ2n) is 4.65. The molecule has 0 bridgehead atoms. The van der Waals surface area contributed by atoms with E-state index in [1.54, 1.807) is 18.5 Å². The maximum atomic E-state index is 6.06. The zero-order valence-electron chi connectivity index (χ0n) is 10.9. The van der Waals surface area contributed by atoms with Gasteiger partial charge in [0, 0.05) is 37.2 Å². The molecule has 0 spiro atoms. The monoisotopic (exact) mass is 290 g/mol. The molecule has 20 heavy (non-hydrogen) atoms. The highest BCUT2D eigenvalue weighted by molar-refractivity contribution is 6.29. The van der Waals surface area contributed by atoms with E-state index in [4.69, 9.17) is 16.3 Å². The normalized spacial score (nSPS) is 18.1. The van der Waals surface area contributed by atoms with Gasteiger partial charge in [-0.2, -0.15) is 0 Å². The molecule has 0 aliphatic carbocycles. The second kappa shape index (κ2) is 6.15. The van der Waals surface area contributed by atoms with Crippen molar-refractivity contribution in [3.05, 3.63) is 35.7 Å². The summed E-state index contributed by atoms with van der Waals surface area (Å²) < 4.78 is 5.57. The largest absolute Gasteiger partial charge is 0.376 e. The molecular weight excluding hydrogens is 276 g/mol. The van der Waals surface area contributed by atoms with Crippen molar-refractivity contribution in [2.24, 2.45) is 0 Å². The quantitative estimate of drug-likeness (QED) is 0.878. The van der Waals surface area contributed by atoms with Gasteiger partial charge in [0.25, 0.3) is 0 Å². The van der Waals surface area contributed by atoms with E-state index in [1.807, 2.05) is 12.1 Å². The van der Waals surface area contributed by atoms with Crippen LogP contribution in [0.3, 0.4) is 0 Å². The Bertz CT molecular complexity index is 573. The summed E-state index contributed by atoms with van der Waals surface area (Å²) in [5.41, 5.74) is 0.891. The number of rotatable bonds is 4. The van der Waals surface area contributed by atoms with Crippen LogP contribution in [-0.4, -0.2) is 34.2 Å². The highest BCUT2D eigenvalue weighted by Crippen LogP contribution is 2.20. The van der Waals surface area contributed by atoms with Crippen LogP contribution in [0.15, 0.2) is 30.6 Å². The van der Waals surface area contributed by atoms with E-state index < -0.39 is 0 Å². The van der Waals surface area contributed by atoms with Crippen LogP contribution in [0.1, 0.15) is 12.8 Å². The molecular formula is C14H15ClN4O. The van der Waals surface area contributed by atoms with Gasteiger partial charge in [0.1, 0.15) is 11.0 Å². The third kappa shape index (κ3) is 3.23. The summed E-state index contributed by atoms with van der Waals surface area (Å²) in [4.78, 5) is 12.7. The first-order chi connectivity index (χ1) is 9.81. The highest BCUT2D eigenvalue weighted by Gasteiger charge is 2.15. The summed E-state index contributed by atoms with van der Waals surface area (Å²) in [7, 11) is 0. The summed E-state index contributed by atoms with van der Waals surface area (Å²) in [6.45, 7) is 1.59. The molecule has 0 amide bonds. The predicted octanol–water partition coefficient (Wildman–Crippen LogP) is 2.78.